The Balaban J connectivity index is 1.67. The predicted octanol–water partition coefficient (Wildman–Crippen LogP) is 4.09. The lowest BCUT2D eigenvalue weighted by Crippen LogP contribution is -2.29. The summed E-state index contributed by atoms with van der Waals surface area (Å²) in [5, 5.41) is 5.41. The van der Waals surface area contributed by atoms with Gasteiger partial charge >= 0.3 is 0 Å². The summed E-state index contributed by atoms with van der Waals surface area (Å²) in [4.78, 5) is 16.0. The highest BCUT2D eigenvalue weighted by atomic mass is 32.1. The standard InChI is InChI=1S/C21H29N3OS/c1-23-9-5-15(6-10-23)17-3-4-18-19(13-17)26-21(22-14-25)20(18)16-7-11-24(2)12-8-16/h3-4,13-16H,5-12H2,1-2H3,(H,22,25). The number of hydrogen-bond donors (Lipinski definition) is 1. The predicted molar refractivity (Wildman–Crippen MR) is 110 cm³/mol. The molecule has 0 unspecified atom stereocenters. The maximum absolute atomic E-state index is 11.2. The summed E-state index contributed by atoms with van der Waals surface area (Å²) in [6.45, 7) is 4.64. The number of thiophene rings is 1. The Bertz CT molecular complexity index is 771. The maximum Gasteiger partial charge on any atom is 0.212 e. The molecule has 1 aromatic heterocycles. The van der Waals surface area contributed by atoms with E-state index >= 15 is 0 Å². The van der Waals surface area contributed by atoms with Gasteiger partial charge in [-0.05, 0) is 100 Å². The Hall–Kier alpha value is -1.43. The highest BCUT2D eigenvalue weighted by Gasteiger charge is 2.26. The third-order valence-corrected chi connectivity index (χ3v) is 7.36. The summed E-state index contributed by atoms with van der Waals surface area (Å²) in [6.07, 6.45) is 5.67. The Kier molecular flexibility index (Phi) is 5.30. The number of benzene rings is 1. The van der Waals surface area contributed by atoms with E-state index in [1.54, 1.807) is 11.3 Å². The number of anilines is 1. The van der Waals surface area contributed by atoms with Crippen LogP contribution < -0.4 is 5.32 Å². The number of hydrogen-bond acceptors (Lipinski definition) is 4. The van der Waals surface area contributed by atoms with Crippen LogP contribution in [-0.4, -0.2) is 56.5 Å². The van der Waals surface area contributed by atoms with Gasteiger partial charge in [-0.3, -0.25) is 4.79 Å². The summed E-state index contributed by atoms with van der Waals surface area (Å²) in [7, 11) is 4.41. The summed E-state index contributed by atoms with van der Waals surface area (Å²) in [5.74, 6) is 1.23. The first-order chi connectivity index (χ1) is 12.7. The van der Waals surface area contributed by atoms with Gasteiger partial charge in [0.15, 0.2) is 0 Å². The highest BCUT2D eigenvalue weighted by Crippen LogP contribution is 2.44. The highest BCUT2D eigenvalue weighted by molar-refractivity contribution is 7.23. The van der Waals surface area contributed by atoms with E-state index in [0.717, 1.165) is 24.5 Å². The second kappa shape index (κ2) is 7.67. The molecule has 1 aromatic carbocycles. The largest absolute Gasteiger partial charge is 0.320 e. The molecule has 0 bridgehead atoms. The van der Waals surface area contributed by atoms with E-state index < -0.39 is 0 Å². The van der Waals surface area contributed by atoms with Gasteiger partial charge in [0.05, 0.1) is 5.00 Å². The van der Waals surface area contributed by atoms with Crippen LogP contribution in [0.2, 0.25) is 0 Å². The normalized spacial score (nSPS) is 21.3. The van der Waals surface area contributed by atoms with E-state index in [1.807, 2.05) is 0 Å². The summed E-state index contributed by atoms with van der Waals surface area (Å²) >= 11 is 1.76. The van der Waals surface area contributed by atoms with Crippen molar-refractivity contribution in [1.29, 1.82) is 0 Å². The van der Waals surface area contributed by atoms with Crippen LogP contribution >= 0.6 is 11.3 Å². The van der Waals surface area contributed by atoms with E-state index in [9.17, 15) is 4.79 Å². The van der Waals surface area contributed by atoms with Gasteiger partial charge < -0.3 is 15.1 Å². The molecule has 26 heavy (non-hydrogen) atoms. The van der Waals surface area contributed by atoms with E-state index in [4.69, 9.17) is 0 Å². The molecule has 2 saturated heterocycles. The van der Waals surface area contributed by atoms with Gasteiger partial charge in [-0.2, -0.15) is 0 Å². The quantitative estimate of drug-likeness (QED) is 0.823. The number of amides is 1. The zero-order chi connectivity index (χ0) is 18.1. The van der Waals surface area contributed by atoms with Crippen molar-refractivity contribution < 1.29 is 4.79 Å². The third-order valence-electron chi connectivity index (χ3n) is 6.26. The first kappa shape index (κ1) is 18.0. The number of nitrogens with one attached hydrogen (secondary N) is 1. The molecule has 4 rings (SSSR count). The van der Waals surface area contributed by atoms with Crippen molar-refractivity contribution in [3.8, 4) is 0 Å². The lowest BCUT2D eigenvalue weighted by Gasteiger charge is -2.30. The second-order valence-corrected chi connectivity index (χ2v) is 9.07. The Morgan fingerprint density at radius 1 is 1.00 bits per heavy atom. The molecule has 2 aliphatic rings. The fourth-order valence-corrected chi connectivity index (χ4v) is 5.79. The molecule has 0 atom stereocenters. The molecule has 2 aromatic rings. The fourth-order valence-electron chi connectivity index (χ4n) is 4.59. The van der Waals surface area contributed by atoms with Gasteiger partial charge in [0.2, 0.25) is 6.41 Å². The molecule has 2 fully saturated rings. The van der Waals surface area contributed by atoms with E-state index in [2.05, 4.69) is 47.4 Å². The fraction of sp³-hybridized carbons (Fsp3) is 0.571. The number of nitrogens with zero attached hydrogens (tertiary/aromatic N) is 2. The number of carbonyl (C=O) groups excluding carboxylic acids is 1. The van der Waals surface area contributed by atoms with Gasteiger partial charge in [0.1, 0.15) is 0 Å². The average Bonchev–Trinajstić information content (AvgIpc) is 3.00. The van der Waals surface area contributed by atoms with Gasteiger partial charge in [0.25, 0.3) is 0 Å². The molecular weight excluding hydrogens is 342 g/mol. The minimum atomic E-state index is 0.552. The zero-order valence-corrected chi connectivity index (χ0v) is 16.6. The van der Waals surface area contributed by atoms with Crippen LogP contribution in [0, 0.1) is 0 Å². The van der Waals surface area contributed by atoms with Crippen molar-refractivity contribution >= 4 is 32.8 Å². The van der Waals surface area contributed by atoms with Crippen molar-refractivity contribution in [3.63, 3.8) is 0 Å². The van der Waals surface area contributed by atoms with Crippen LogP contribution in [0.1, 0.15) is 48.6 Å². The molecule has 0 radical (unpaired) electrons. The van der Waals surface area contributed by atoms with Gasteiger partial charge in [0, 0.05) is 4.70 Å². The zero-order valence-electron chi connectivity index (χ0n) is 15.8. The molecule has 140 valence electrons. The van der Waals surface area contributed by atoms with E-state index in [1.165, 1.54) is 60.0 Å². The van der Waals surface area contributed by atoms with Gasteiger partial charge in [-0.1, -0.05) is 12.1 Å². The third kappa shape index (κ3) is 3.53. The maximum atomic E-state index is 11.2. The van der Waals surface area contributed by atoms with Crippen LogP contribution in [0.4, 0.5) is 5.00 Å². The van der Waals surface area contributed by atoms with Crippen molar-refractivity contribution in [2.75, 3.05) is 45.6 Å². The van der Waals surface area contributed by atoms with E-state index in [0.29, 0.717) is 11.8 Å². The van der Waals surface area contributed by atoms with Crippen LogP contribution in [0.5, 0.6) is 0 Å². The van der Waals surface area contributed by atoms with Crippen molar-refractivity contribution in [2.24, 2.45) is 0 Å². The molecule has 2 aliphatic heterocycles. The van der Waals surface area contributed by atoms with Crippen molar-refractivity contribution in [1.82, 2.24) is 9.80 Å². The van der Waals surface area contributed by atoms with E-state index in [-0.39, 0.29) is 0 Å². The number of piperidine rings is 2. The summed E-state index contributed by atoms with van der Waals surface area (Å²) < 4.78 is 1.33. The Morgan fingerprint density at radius 3 is 2.23 bits per heavy atom. The monoisotopic (exact) mass is 371 g/mol. The average molecular weight is 372 g/mol. The number of fused-ring (bicyclic) bond motifs is 1. The molecule has 1 amide bonds. The number of carbonyl (C=O) groups is 1. The lowest BCUT2D eigenvalue weighted by molar-refractivity contribution is -0.105. The van der Waals surface area contributed by atoms with Crippen molar-refractivity contribution in [2.45, 2.75) is 37.5 Å². The van der Waals surface area contributed by atoms with Gasteiger partial charge in [-0.15, -0.1) is 11.3 Å². The Labute approximate surface area is 160 Å². The van der Waals surface area contributed by atoms with Crippen LogP contribution in [-0.2, 0) is 4.79 Å². The SMILES string of the molecule is CN1CCC(c2ccc3c(C4CCN(C)CC4)c(NC=O)sc3c2)CC1. The smallest absolute Gasteiger partial charge is 0.212 e. The molecule has 3 heterocycles. The topological polar surface area (TPSA) is 35.6 Å². The minimum absolute atomic E-state index is 0.552. The van der Waals surface area contributed by atoms with Crippen LogP contribution in [0.25, 0.3) is 10.1 Å². The molecule has 4 nitrogen and oxygen atoms in total. The molecule has 0 aliphatic carbocycles. The van der Waals surface area contributed by atoms with Crippen molar-refractivity contribution in [3.05, 3.63) is 29.3 Å². The molecular formula is C21H29N3OS. The van der Waals surface area contributed by atoms with Crippen LogP contribution in [0.15, 0.2) is 18.2 Å². The Morgan fingerprint density at radius 2 is 1.62 bits per heavy atom. The molecule has 0 saturated carbocycles. The summed E-state index contributed by atoms with van der Waals surface area (Å²) in [5.41, 5.74) is 2.85. The molecule has 1 N–H and O–H groups in total. The molecule has 0 spiro atoms. The number of rotatable bonds is 4. The molecule has 5 heteroatoms. The minimum Gasteiger partial charge on any atom is -0.320 e. The second-order valence-electron chi connectivity index (χ2n) is 8.02. The first-order valence-corrected chi connectivity index (χ1v) is 10.6. The first-order valence-electron chi connectivity index (χ1n) is 9.79. The lowest BCUT2D eigenvalue weighted by atomic mass is 9.86. The number of likely N-dealkylation sites (tertiary alicyclic amines) is 2. The summed E-state index contributed by atoms with van der Waals surface area (Å²) in [6, 6.07) is 7.06. The van der Waals surface area contributed by atoms with Gasteiger partial charge in [-0.25, -0.2) is 0 Å². The van der Waals surface area contributed by atoms with Crippen LogP contribution in [0.3, 0.4) is 0 Å².